The molecular weight excluding hydrogens is 274 g/mol. The molecule has 118 valence electrons. The third kappa shape index (κ3) is 3.38. The average molecular weight is 299 g/mol. The van der Waals surface area contributed by atoms with Gasteiger partial charge in [-0.05, 0) is 52.7 Å². The number of amides is 1. The zero-order chi connectivity index (χ0) is 16.4. The molecule has 22 heavy (non-hydrogen) atoms. The van der Waals surface area contributed by atoms with Crippen LogP contribution in [0.3, 0.4) is 0 Å². The average Bonchev–Trinajstić information content (AvgIpc) is 2.71. The number of hydrogen-bond donors (Lipinski definition) is 1. The highest BCUT2D eigenvalue weighted by Gasteiger charge is 2.16. The number of carbonyl (C=O) groups excluding carboxylic acids is 1. The lowest BCUT2D eigenvalue weighted by Crippen LogP contribution is -2.16. The van der Waals surface area contributed by atoms with Crippen LogP contribution in [-0.4, -0.2) is 15.7 Å². The Balaban J connectivity index is 2.18. The first-order valence-electron chi connectivity index (χ1n) is 7.71. The van der Waals surface area contributed by atoms with Gasteiger partial charge in [0.2, 0.25) is 5.91 Å². The van der Waals surface area contributed by atoms with Gasteiger partial charge in [0.05, 0.1) is 23.5 Å². The monoisotopic (exact) mass is 299 g/mol. The Labute approximate surface area is 132 Å². The van der Waals surface area contributed by atoms with Gasteiger partial charge < -0.3 is 5.32 Å². The number of nitrogens with zero attached hydrogens (tertiary/aromatic N) is 2. The Kier molecular flexibility index (Phi) is 4.69. The summed E-state index contributed by atoms with van der Waals surface area (Å²) < 4.78 is 1.95. The van der Waals surface area contributed by atoms with Crippen molar-refractivity contribution >= 4 is 11.6 Å². The highest BCUT2D eigenvalue weighted by atomic mass is 16.1. The van der Waals surface area contributed by atoms with Gasteiger partial charge in [-0.2, -0.15) is 5.10 Å². The van der Waals surface area contributed by atoms with Gasteiger partial charge >= 0.3 is 0 Å². The van der Waals surface area contributed by atoms with Gasteiger partial charge in [-0.1, -0.05) is 23.8 Å². The molecule has 0 bridgehead atoms. The van der Waals surface area contributed by atoms with E-state index in [0.717, 1.165) is 28.2 Å². The zero-order valence-corrected chi connectivity index (χ0v) is 14.3. The second kappa shape index (κ2) is 6.34. The summed E-state index contributed by atoms with van der Waals surface area (Å²) in [5.74, 6) is 0.00297. The van der Waals surface area contributed by atoms with Crippen molar-refractivity contribution in [3.05, 3.63) is 46.3 Å². The largest absolute Gasteiger partial charge is 0.323 e. The van der Waals surface area contributed by atoms with Crippen molar-refractivity contribution in [2.24, 2.45) is 0 Å². The Morgan fingerprint density at radius 2 is 1.91 bits per heavy atom. The molecule has 0 aliphatic heterocycles. The maximum Gasteiger partial charge on any atom is 0.228 e. The fourth-order valence-corrected chi connectivity index (χ4v) is 2.69. The fraction of sp³-hybridized carbons (Fsp3) is 0.444. The molecule has 2 rings (SSSR count). The first kappa shape index (κ1) is 16.3. The molecule has 1 amide bonds. The van der Waals surface area contributed by atoms with Crippen LogP contribution in [0, 0.1) is 27.7 Å². The number of aryl methyl sites for hydroxylation is 3. The summed E-state index contributed by atoms with van der Waals surface area (Å²) in [4.78, 5) is 12.4. The van der Waals surface area contributed by atoms with E-state index in [9.17, 15) is 4.79 Å². The number of rotatable bonds is 4. The molecule has 0 unspecified atom stereocenters. The van der Waals surface area contributed by atoms with Crippen LogP contribution < -0.4 is 5.32 Å². The molecule has 0 atom stereocenters. The van der Waals surface area contributed by atoms with E-state index in [1.807, 2.05) is 32.4 Å². The van der Waals surface area contributed by atoms with Crippen molar-refractivity contribution in [2.45, 2.75) is 54.0 Å². The number of aromatic nitrogens is 2. The van der Waals surface area contributed by atoms with Crippen LogP contribution in [-0.2, 0) is 11.2 Å². The predicted octanol–water partition coefficient (Wildman–Crippen LogP) is 3.88. The van der Waals surface area contributed by atoms with Crippen LogP contribution >= 0.6 is 0 Å². The fourth-order valence-electron chi connectivity index (χ4n) is 2.69. The molecule has 4 nitrogen and oxygen atoms in total. The van der Waals surface area contributed by atoms with Gasteiger partial charge in [-0.15, -0.1) is 0 Å². The lowest BCUT2D eigenvalue weighted by atomic mass is 10.0. The maximum atomic E-state index is 12.4. The summed E-state index contributed by atoms with van der Waals surface area (Å²) in [6, 6.07) is 6.48. The maximum absolute atomic E-state index is 12.4. The smallest absolute Gasteiger partial charge is 0.228 e. The lowest BCUT2D eigenvalue weighted by Gasteiger charge is -2.10. The molecule has 1 aromatic heterocycles. The second-order valence-electron chi connectivity index (χ2n) is 6.24. The summed E-state index contributed by atoms with van der Waals surface area (Å²) in [7, 11) is 0. The molecule has 0 aliphatic rings. The first-order chi connectivity index (χ1) is 10.3. The van der Waals surface area contributed by atoms with Crippen LogP contribution in [0.15, 0.2) is 18.2 Å². The highest BCUT2D eigenvalue weighted by Crippen LogP contribution is 2.23. The second-order valence-corrected chi connectivity index (χ2v) is 6.24. The Bertz CT molecular complexity index is 699. The van der Waals surface area contributed by atoms with E-state index in [4.69, 9.17) is 0 Å². The van der Waals surface area contributed by atoms with Crippen molar-refractivity contribution in [3.8, 4) is 0 Å². The Morgan fingerprint density at radius 1 is 1.23 bits per heavy atom. The Hall–Kier alpha value is -2.10. The normalized spacial score (nSPS) is 11.0. The standard InChI is InChI=1S/C18H25N3O/c1-11(2)21-15(6)18(14(5)20-21)19-17(22)10-16-9-12(3)7-8-13(16)4/h7-9,11H,10H2,1-6H3,(H,19,22). The van der Waals surface area contributed by atoms with Crippen molar-refractivity contribution < 1.29 is 4.79 Å². The molecule has 0 fully saturated rings. The van der Waals surface area contributed by atoms with Crippen molar-refractivity contribution in [1.29, 1.82) is 0 Å². The van der Waals surface area contributed by atoms with Gasteiger partial charge in [0.1, 0.15) is 0 Å². The lowest BCUT2D eigenvalue weighted by molar-refractivity contribution is -0.115. The van der Waals surface area contributed by atoms with Gasteiger partial charge in [0, 0.05) is 6.04 Å². The van der Waals surface area contributed by atoms with E-state index < -0.39 is 0 Å². The number of benzene rings is 1. The summed E-state index contributed by atoms with van der Waals surface area (Å²) in [6.45, 7) is 12.2. The molecule has 2 aromatic rings. The van der Waals surface area contributed by atoms with Gasteiger partial charge in [0.25, 0.3) is 0 Å². The summed E-state index contributed by atoms with van der Waals surface area (Å²) in [6.07, 6.45) is 0.388. The molecule has 0 saturated heterocycles. The SMILES string of the molecule is Cc1ccc(C)c(CC(=O)Nc2c(C)nn(C(C)C)c2C)c1. The third-order valence-corrected chi connectivity index (χ3v) is 3.93. The number of anilines is 1. The summed E-state index contributed by atoms with van der Waals surface area (Å²) in [5.41, 5.74) is 6.09. The van der Waals surface area contributed by atoms with E-state index in [1.54, 1.807) is 0 Å². The Morgan fingerprint density at radius 3 is 2.50 bits per heavy atom. The van der Waals surface area contributed by atoms with Gasteiger partial charge in [-0.25, -0.2) is 0 Å². The minimum atomic E-state index is 0.00297. The number of carbonyl (C=O) groups is 1. The molecule has 4 heteroatoms. The molecule has 0 aliphatic carbocycles. The quantitative estimate of drug-likeness (QED) is 0.931. The molecule has 0 saturated carbocycles. The summed E-state index contributed by atoms with van der Waals surface area (Å²) in [5, 5.41) is 7.53. The van der Waals surface area contributed by atoms with Gasteiger partial charge in [-0.3, -0.25) is 9.48 Å². The van der Waals surface area contributed by atoms with Crippen molar-refractivity contribution in [3.63, 3.8) is 0 Å². The van der Waals surface area contributed by atoms with E-state index in [0.29, 0.717) is 6.42 Å². The molecular formula is C18H25N3O. The zero-order valence-electron chi connectivity index (χ0n) is 14.3. The first-order valence-corrected chi connectivity index (χ1v) is 7.71. The van der Waals surface area contributed by atoms with Crippen LogP contribution in [0.4, 0.5) is 5.69 Å². The molecule has 1 heterocycles. The van der Waals surface area contributed by atoms with E-state index >= 15 is 0 Å². The highest BCUT2D eigenvalue weighted by molar-refractivity contribution is 5.93. The van der Waals surface area contributed by atoms with Crippen molar-refractivity contribution in [2.75, 3.05) is 5.32 Å². The van der Waals surface area contributed by atoms with E-state index in [2.05, 4.69) is 42.5 Å². The molecule has 0 spiro atoms. The van der Waals surface area contributed by atoms with E-state index in [-0.39, 0.29) is 11.9 Å². The van der Waals surface area contributed by atoms with Gasteiger partial charge in [0.15, 0.2) is 0 Å². The van der Waals surface area contributed by atoms with Crippen molar-refractivity contribution in [1.82, 2.24) is 9.78 Å². The van der Waals surface area contributed by atoms with Crippen LogP contribution in [0.25, 0.3) is 0 Å². The minimum absolute atomic E-state index is 0.00297. The summed E-state index contributed by atoms with van der Waals surface area (Å²) >= 11 is 0. The number of nitrogens with one attached hydrogen (secondary N) is 1. The van der Waals surface area contributed by atoms with E-state index in [1.165, 1.54) is 5.56 Å². The number of hydrogen-bond acceptors (Lipinski definition) is 2. The molecule has 1 N–H and O–H groups in total. The van der Waals surface area contributed by atoms with Crippen LogP contribution in [0.1, 0.15) is 48.0 Å². The third-order valence-electron chi connectivity index (χ3n) is 3.93. The molecule has 1 aromatic carbocycles. The topological polar surface area (TPSA) is 46.9 Å². The molecule has 0 radical (unpaired) electrons. The minimum Gasteiger partial charge on any atom is -0.323 e. The predicted molar refractivity (Wildman–Crippen MR) is 90.3 cm³/mol. The van der Waals surface area contributed by atoms with Crippen LogP contribution in [0.5, 0.6) is 0 Å². The van der Waals surface area contributed by atoms with Crippen LogP contribution in [0.2, 0.25) is 0 Å².